The average Bonchev–Trinajstić information content (AvgIpc) is 3.37. The van der Waals surface area contributed by atoms with E-state index in [1.165, 1.54) is 12.1 Å². The topological polar surface area (TPSA) is 99.4 Å². The number of aromatic nitrogens is 1. The van der Waals surface area contributed by atoms with Crippen molar-refractivity contribution in [3.05, 3.63) is 82.9 Å². The van der Waals surface area contributed by atoms with Crippen LogP contribution in [0.5, 0.6) is 0 Å². The third kappa shape index (κ3) is 5.73. The summed E-state index contributed by atoms with van der Waals surface area (Å²) in [6, 6.07) is 17.2. The number of alkyl halides is 5. The molecule has 12 heteroatoms. The van der Waals surface area contributed by atoms with Crippen molar-refractivity contribution in [1.29, 1.82) is 5.26 Å². The van der Waals surface area contributed by atoms with E-state index in [2.05, 4.69) is 42.9 Å². The number of carbonyl (C=O) groups excluding carboxylic acids is 1. The number of benzene rings is 3. The lowest BCUT2D eigenvalue weighted by Crippen LogP contribution is -2.50. The molecule has 0 saturated carbocycles. The van der Waals surface area contributed by atoms with E-state index in [9.17, 15) is 23.2 Å². The molecule has 1 amide bonds. The molecule has 5 rings (SSSR count). The summed E-state index contributed by atoms with van der Waals surface area (Å²) in [5.74, 6) is -0.119. The van der Waals surface area contributed by atoms with Gasteiger partial charge in [-0.15, -0.1) is 0 Å². The van der Waals surface area contributed by atoms with E-state index in [1.807, 2.05) is 9.80 Å². The van der Waals surface area contributed by atoms with Crippen LogP contribution < -0.4 is 10.6 Å². The van der Waals surface area contributed by atoms with Crippen LogP contribution >= 0.6 is 31.9 Å². The van der Waals surface area contributed by atoms with E-state index < -0.39 is 23.7 Å². The first-order valence-corrected chi connectivity index (χ1v) is 14.1. The van der Waals surface area contributed by atoms with Crippen molar-refractivity contribution in [1.82, 2.24) is 9.88 Å². The fraction of sp³-hybridized carbons (Fsp3) is 0.250. The molecule has 2 N–H and O–H groups in total. The molecule has 7 nitrogen and oxygen atoms in total. The molecule has 0 aliphatic carbocycles. The van der Waals surface area contributed by atoms with Crippen molar-refractivity contribution >= 4 is 54.6 Å². The Morgan fingerprint density at radius 1 is 1.02 bits per heavy atom. The molecule has 40 heavy (non-hydrogen) atoms. The number of hydrogen-bond acceptors (Lipinski definition) is 6. The smallest absolute Gasteiger partial charge is 0.416 e. The van der Waals surface area contributed by atoms with Gasteiger partial charge in [-0.3, -0.25) is 9.69 Å². The summed E-state index contributed by atoms with van der Waals surface area (Å²) in [4.78, 5) is 21.0. The van der Waals surface area contributed by atoms with Crippen LogP contribution in [0, 0.1) is 11.3 Å². The van der Waals surface area contributed by atoms with E-state index in [0.29, 0.717) is 65.5 Å². The molecule has 1 aliphatic rings. The Morgan fingerprint density at radius 2 is 1.68 bits per heavy atom. The number of anilines is 1. The summed E-state index contributed by atoms with van der Waals surface area (Å²) in [5.41, 5.74) is 9.54. The molecular formula is C28H22Br2F3N5O2. The zero-order valence-electron chi connectivity index (χ0n) is 20.8. The maximum Gasteiger partial charge on any atom is 0.416 e. The highest BCUT2D eigenvalue weighted by Crippen LogP contribution is 2.38. The lowest BCUT2D eigenvalue weighted by atomic mass is 10.0. The second-order valence-corrected chi connectivity index (χ2v) is 12.4. The Bertz CT molecular complexity index is 1570. The first-order valence-electron chi connectivity index (χ1n) is 12.2. The quantitative estimate of drug-likeness (QED) is 0.234. The van der Waals surface area contributed by atoms with Crippen LogP contribution in [0.3, 0.4) is 0 Å². The monoisotopic (exact) mass is 675 g/mol. The van der Waals surface area contributed by atoms with E-state index in [0.717, 1.165) is 17.7 Å². The van der Waals surface area contributed by atoms with Gasteiger partial charge in [-0.25, -0.2) is 4.98 Å². The number of hydrogen-bond donors (Lipinski definition) is 1. The van der Waals surface area contributed by atoms with E-state index >= 15 is 0 Å². The van der Waals surface area contributed by atoms with Crippen LogP contribution in [0.4, 0.5) is 18.9 Å². The molecule has 0 spiro atoms. The van der Waals surface area contributed by atoms with Gasteiger partial charge < -0.3 is 15.1 Å². The highest BCUT2D eigenvalue weighted by atomic mass is 79.9. The van der Waals surface area contributed by atoms with E-state index in [-0.39, 0.29) is 3.74 Å². The predicted octanol–water partition coefficient (Wildman–Crippen LogP) is 6.52. The minimum Gasteiger partial charge on any atom is -0.436 e. The second kappa shape index (κ2) is 11.2. The SMILES string of the molecule is N#Cc1cc(C(Br)Br)c2oc(-c3ccc(C(C(N)=O)N4CCN(c5ccc(C(F)(F)F)cc5)CC4)cc3)nc2c1. The maximum atomic E-state index is 12.9. The number of halogens is 5. The summed E-state index contributed by atoms with van der Waals surface area (Å²) in [6.45, 7) is 2.08. The predicted molar refractivity (Wildman–Crippen MR) is 152 cm³/mol. The summed E-state index contributed by atoms with van der Waals surface area (Å²) in [6.07, 6.45) is -4.38. The Balaban J connectivity index is 1.32. The number of fused-ring (bicyclic) bond motifs is 1. The number of piperazine rings is 1. The van der Waals surface area contributed by atoms with Gasteiger partial charge in [0.2, 0.25) is 11.8 Å². The maximum absolute atomic E-state index is 12.9. The highest BCUT2D eigenvalue weighted by molar-refractivity contribution is 9.24. The van der Waals surface area contributed by atoms with Crippen LogP contribution in [0.25, 0.3) is 22.6 Å². The number of nitriles is 1. The zero-order chi connectivity index (χ0) is 28.6. The molecule has 1 saturated heterocycles. The molecule has 1 aromatic heterocycles. The van der Waals surface area contributed by atoms with Gasteiger partial charge in [0.1, 0.15) is 11.6 Å². The largest absolute Gasteiger partial charge is 0.436 e. The fourth-order valence-electron chi connectivity index (χ4n) is 4.87. The highest BCUT2D eigenvalue weighted by Gasteiger charge is 2.32. The molecule has 1 atom stereocenters. The molecule has 0 bridgehead atoms. The summed E-state index contributed by atoms with van der Waals surface area (Å²) in [5, 5.41) is 9.35. The average molecular weight is 677 g/mol. The van der Waals surface area contributed by atoms with Crippen molar-refractivity contribution < 1.29 is 22.4 Å². The number of amides is 1. The van der Waals surface area contributed by atoms with Gasteiger partial charge in [0, 0.05) is 43.0 Å². The molecule has 1 fully saturated rings. The fourth-order valence-corrected chi connectivity index (χ4v) is 5.55. The van der Waals surface area contributed by atoms with Gasteiger partial charge in [-0.05, 0) is 54.1 Å². The van der Waals surface area contributed by atoms with E-state index in [4.69, 9.17) is 10.2 Å². The number of oxazole rings is 1. The van der Waals surface area contributed by atoms with E-state index in [1.54, 1.807) is 36.4 Å². The van der Waals surface area contributed by atoms with Crippen molar-refractivity contribution in [3.8, 4) is 17.5 Å². The molecular weight excluding hydrogens is 655 g/mol. The van der Waals surface area contributed by atoms with Crippen LogP contribution in [0.15, 0.2) is 65.1 Å². The summed E-state index contributed by atoms with van der Waals surface area (Å²) < 4.78 is 44.5. The number of nitrogens with zero attached hydrogens (tertiary/aromatic N) is 4. The zero-order valence-corrected chi connectivity index (χ0v) is 24.0. The van der Waals surface area contributed by atoms with Crippen LogP contribution in [0.1, 0.15) is 32.0 Å². The molecule has 1 unspecified atom stereocenters. The number of primary amides is 1. The van der Waals surface area contributed by atoms with Gasteiger partial charge in [0.25, 0.3) is 0 Å². The summed E-state index contributed by atoms with van der Waals surface area (Å²) >= 11 is 6.93. The third-order valence-electron chi connectivity index (χ3n) is 6.87. The summed E-state index contributed by atoms with van der Waals surface area (Å²) in [7, 11) is 0. The molecule has 4 aromatic rings. The Kier molecular flexibility index (Phi) is 7.90. The van der Waals surface area contributed by atoms with Crippen LogP contribution in [-0.2, 0) is 11.0 Å². The molecule has 3 aromatic carbocycles. The minimum absolute atomic E-state index is 0.227. The minimum atomic E-state index is -4.38. The third-order valence-corrected chi connectivity index (χ3v) is 7.85. The molecule has 0 radical (unpaired) electrons. The lowest BCUT2D eigenvalue weighted by molar-refractivity contribution is -0.137. The van der Waals surface area contributed by atoms with Crippen molar-refractivity contribution in [2.45, 2.75) is 16.0 Å². The van der Waals surface area contributed by atoms with Crippen molar-refractivity contribution in [2.75, 3.05) is 31.1 Å². The van der Waals surface area contributed by atoms with Gasteiger partial charge in [0.15, 0.2) is 5.58 Å². The first-order chi connectivity index (χ1) is 19.0. The normalized spacial score (nSPS) is 15.4. The van der Waals surface area contributed by atoms with Crippen LogP contribution in [0.2, 0.25) is 0 Å². The van der Waals surface area contributed by atoms with Crippen LogP contribution in [-0.4, -0.2) is 42.0 Å². The van der Waals surface area contributed by atoms with Gasteiger partial charge >= 0.3 is 6.18 Å². The Morgan fingerprint density at radius 3 is 2.23 bits per heavy atom. The lowest BCUT2D eigenvalue weighted by Gasteiger charge is -2.39. The Labute approximate surface area is 244 Å². The number of rotatable bonds is 6. The molecule has 206 valence electrons. The second-order valence-electron chi connectivity index (χ2n) is 9.34. The van der Waals surface area contributed by atoms with Gasteiger partial charge in [-0.2, -0.15) is 18.4 Å². The Hall–Kier alpha value is -3.40. The number of nitrogens with two attached hydrogens (primary N) is 1. The van der Waals surface area contributed by atoms with Crippen molar-refractivity contribution in [3.63, 3.8) is 0 Å². The first kappa shape index (κ1) is 28.1. The van der Waals surface area contributed by atoms with Crippen molar-refractivity contribution in [2.24, 2.45) is 5.73 Å². The van der Waals surface area contributed by atoms with Gasteiger partial charge in [-0.1, -0.05) is 44.0 Å². The van der Waals surface area contributed by atoms with Gasteiger partial charge in [0.05, 0.1) is 20.9 Å². The molecule has 1 aliphatic heterocycles. The standard InChI is InChI=1S/C28H22Br2F3N5O2/c29-25(30)21-13-16(15-34)14-22-24(21)40-27(36-22)18-3-1-17(2-4-18)23(26(35)39)38-11-9-37(10-12-38)20-7-5-19(6-8-20)28(31,32)33/h1-8,13-14,23,25H,9-12H2,(H2,35,39). The number of carbonyl (C=O) groups is 1. The molecule has 2 heterocycles.